The number of hydrogen-bond acceptors (Lipinski definition) is 17. The molecule has 7 aromatic rings. The largest absolute Gasteiger partial charge is 0.497 e. The van der Waals surface area contributed by atoms with E-state index in [1.54, 1.807) is 87.0 Å². The molecular formula is C67H65NO17. The van der Waals surface area contributed by atoms with E-state index in [0.29, 0.717) is 24.3 Å². The van der Waals surface area contributed by atoms with Crippen molar-refractivity contribution in [3.05, 3.63) is 239 Å². The van der Waals surface area contributed by atoms with Crippen LogP contribution in [-0.2, 0) is 53.1 Å². The third-order valence-electron chi connectivity index (χ3n) is 14.7. The molecule has 440 valence electrons. The highest BCUT2D eigenvalue weighted by atomic mass is 16.7. The molecule has 1 heterocycles. The number of Topliss-reactive ketones (excluding diaryl/α,β-unsaturated/α-hetero) is 1. The Morgan fingerprint density at radius 1 is 0.529 bits per heavy atom. The van der Waals surface area contributed by atoms with Gasteiger partial charge in [0.25, 0.3) is 0 Å². The van der Waals surface area contributed by atoms with Crippen molar-refractivity contribution >= 4 is 35.6 Å². The number of aliphatic hydroxyl groups excluding tert-OH is 1. The third kappa shape index (κ3) is 15.2. The number of carbonyl (C=O) groups is 6. The van der Waals surface area contributed by atoms with Crippen LogP contribution in [0.5, 0.6) is 11.5 Å². The summed E-state index contributed by atoms with van der Waals surface area (Å²) in [6.45, 7) is -2.09. The zero-order chi connectivity index (χ0) is 59.5. The number of methoxy groups -OCH3 is 2. The Morgan fingerprint density at radius 3 is 1.46 bits per heavy atom. The molecule has 0 aromatic heterocycles. The summed E-state index contributed by atoms with van der Waals surface area (Å²) >= 11 is 0. The van der Waals surface area contributed by atoms with Crippen molar-refractivity contribution in [1.29, 1.82) is 0 Å². The summed E-state index contributed by atoms with van der Waals surface area (Å²) in [6.07, 6.45) is -8.03. The maximum Gasteiger partial charge on any atom is 0.338 e. The summed E-state index contributed by atoms with van der Waals surface area (Å²) in [7, 11) is 3.20. The normalized spacial score (nSPS) is 20.0. The van der Waals surface area contributed by atoms with Gasteiger partial charge in [0.15, 0.2) is 30.4 Å². The van der Waals surface area contributed by atoms with Crippen molar-refractivity contribution in [2.45, 2.75) is 55.3 Å². The van der Waals surface area contributed by atoms with E-state index in [1.165, 1.54) is 48.5 Å². The minimum absolute atomic E-state index is 0.0799. The average molecular weight is 1160 g/mol. The monoisotopic (exact) mass is 1160 g/mol. The SMILES string of the molecule is COc1ccc(C(O[C@H]2CC(C(=O)COCCNC(=O)CO[C@H]3OC(COC(=O)c4ccccc4)[C@@H](OC(=O)c4ccccc4)[C@@H](OC(=O)c4ccccc4)C3OC(=O)c3ccccc3)[C@H](CO)C2)(c2ccccc2)c2ccc(OC)cc2)cc1. The highest BCUT2D eigenvalue weighted by Crippen LogP contribution is 2.46. The minimum Gasteiger partial charge on any atom is -0.497 e. The first-order valence-corrected chi connectivity index (χ1v) is 27.8. The second-order valence-electron chi connectivity index (χ2n) is 20.2. The van der Waals surface area contributed by atoms with Crippen LogP contribution in [0.15, 0.2) is 200 Å². The van der Waals surface area contributed by atoms with Gasteiger partial charge in [0.1, 0.15) is 43.0 Å². The van der Waals surface area contributed by atoms with E-state index in [2.05, 4.69) is 5.32 Å². The van der Waals surface area contributed by atoms with E-state index in [9.17, 15) is 33.9 Å². The molecule has 1 amide bonds. The van der Waals surface area contributed by atoms with Crippen LogP contribution in [0.2, 0.25) is 0 Å². The van der Waals surface area contributed by atoms with Gasteiger partial charge in [-0.3, -0.25) is 9.59 Å². The van der Waals surface area contributed by atoms with E-state index in [0.717, 1.165) is 16.7 Å². The molecule has 8 atom stereocenters. The standard InChI is InChI=1S/C67H65NO17/c1-76-52-32-28-50(29-33-52)67(49-26-16-7-17-27-49,51-30-34-53(77-2)35-31-51)85-54-38-48(40-69)55(39-54)56(70)41-78-37-36-68-58(71)43-80-66-61(84-65(75)47-24-14-6-15-25-47)60(83-64(74)46-22-12-5-13-23-46)59(82-63(73)45-20-10-4-11-21-45)57(81-66)42-79-62(72)44-18-8-3-9-19-44/h3-35,48,54-55,57,59-61,66,69H,36-43H2,1-2H3,(H,68,71)/t48-,54+,55?,57?,59+,60+,61?,66-/m0/s1. The van der Waals surface area contributed by atoms with E-state index in [4.69, 9.17) is 47.4 Å². The van der Waals surface area contributed by atoms with Gasteiger partial charge >= 0.3 is 23.9 Å². The molecule has 2 fully saturated rings. The highest BCUT2D eigenvalue weighted by Gasteiger charge is 2.54. The molecule has 18 heteroatoms. The number of rotatable bonds is 26. The number of esters is 4. The molecule has 9 rings (SSSR count). The fourth-order valence-corrected chi connectivity index (χ4v) is 10.5. The van der Waals surface area contributed by atoms with Crippen molar-refractivity contribution in [2.75, 3.05) is 53.8 Å². The van der Waals surface area contributed by atoms with Crippen LogP contribution in [0.3, 0.4) is 0 Å². The second kappa shape index (κ2) is 29.5. The zero-order valence-corrected chi connectivity index (χ0v) is 46.8. The maximum atomic E-state index is 14.0. The van der Waals surface area contributed by atoms with Gasteiger partial charge in [-0.05, 0) is 108 Å². The van der Waals surface area contributed by atoms with Crippen LogP contribution in [0.1, 0.15) is 71.0 Å². The first-order chi connectivity index (χ1) is 41.5. The van der Waals surface area contributed by atoms with E-state index < -0.39 is 97.2 Å². The van der Waals surface area contributed by atoms with Crippen LogP contribution in [0.4, 0.5) is 0 Å². The number of amides is 1. The molecule has 0 spiro atoms. The van der Waals surface area contributed by atoms with Crippen molar-refractivity contribution in [1.82, 2.24) is 5.32 Å². The number of ketones is 1. The Morgan fingerprint density at radius 2 is 0.976 bits per heavy atom. The number of aliphatic hydroxyl groups is 1. The second-order valence-corrected chi connectivity index (χ2v) is 20.2. The van der Waals surface area contributed by atoms with Gasteiger partial charge in [-0.2, -0.15) is 0 Å². The molecule has 1 saturated carbocycles. The zero-order valence-electron chi connectivity index (χ0n) is 46.8. The van der Waals surface area contributed by atoms with Gasteiger partial charge < -0.3 is 57.8 Å². The van der Waals surface area contributed by atoms with Gasteiger partial charge in [-0.15, -0.1) is 0 Å². The smallest absolute Gasteiger partial charge is 0.338 e. The van der Waals surface area contributed by atoms with Gasteiger partial charge in [0.05, 0.1) is 49.2 Å². The molecule has 3 unspecified atom stereocenters. The fourth-order valence-electron chi connectivity index (χ4n) is 10.5. The Labute approximate surface area is 491 Å². The predicted molar refractivity (Wildman–Crippen MR) is 308 cm³/mol. The molecule has 85 heavy (non-hydrogen) atoms. The summed E-state index contributed by atoms with van der Waals surface area (Å²) in [5.74, 6) is -4.10. The molecular weight excluding hydrogens is 1090 g/mol. The number of benzene rings is 7. The summed E-state index contributed by atoms with van der Waals surface area (Å²) in [4.78, 5) is 82.8. The minimum atomic E-state index is -1.73. The lowest BCUT2D eigenvalue weighted by Gasteiger charge is -2.44. The van der Waals surface area contributed by atoms with Gasteiger partial charge in [0.2, 0.25) is 5.91 Å². The van der Waals surface area contributed by atoms with E-state index in [1.807, 2.05) is 78.9 Å². The lowest BCUT2D eigenvalue weighted by Crippen LogP contribution is -2.63. The number of hydrogen-bond donors (Lipinski definition) is 2. The Balaban J connectivity index is 0.883. The van der Waals surface area contributed by atoms with Gasteiger partial charge in [-0.25, -0.2) is 19.2 Å². The number of nitrogens with one attached hydrogen (secondary N) is 1. The Hall–Kier alpha value is -9.04. The molecule has 0 radical (unpaired) electrons. The third-order valence-corrected chi connectivity index (χ3v) is 14.7. The van der Waals surface area contributed by atoms with Crippen molar-refractivity contribution in [3.63, 3.8) is 0 Å². The van der Waals surface area contributed by atoms with Crippen molar-refractivity contribution in [3.8, 4) is 11.5 Å². The summed E-state index contributed by atoms with van der Waals surface area (Å²) in [5, 5.41) is 13.3. The van der Waals surface area contributed by atoms with Crippen molar-refractivity contribution < 1.29 is 81.2 Å². The number of ether oxygens (including phenoxy) is 10. The highest BCUT2D eigenvalue weighted by molar-refractivity contribution is 5.92. The molecule has 7 aromatic carbocycles. The summed E-state index contributed by atoms with van der Waals surface area (Å²) in [6, 6.07) is 56.9. The van der Waals surface area contributed by atoms with Crippen LogP contribution in [0, 0.1) is 11.8 Å². The lowest BCUT2D eigenvalue weighted by atomic mass is 9.79. The van der Waals surface area contributed by atoms with Crippen molar-refractivity contribution in [2.24, 2.45) is 11.8 Å². The molecule has 1 saturated heterocycles. The molecule has 2 aliphatic rings. The quantitative estimate of drug-likeness (QED) is 0.0225. The van der Waals surface area contributed by atoms with Gasteiger partial charge in [-0.1, -0.05) is 127 Å². The Bertz CT molecular complexity index is 3250. The summed E-state index contributed by atoms with van der Waals surface area (Å²) in [5.41, 5.74) is 1.84. The van der Waals surface area contributed by atoms with Gasteiger partial charge in [0, 0.05) is 19.1 Å². The van der Waals surface area contributed by atoms with Crippen LogP contribution in [-0.4, -0.2) is 131 Å². The lowest BCUT2D eigenvalue weighted by molar-refractivity contribution is -0.296. The van der Waals surface area contributed by atoms with Crippen LogP contribution >= 0.6 is 0 Å². The first-order valence-electron chi connectivity index (χ1n) is 27.8. The Kier molecular flexibility index (Phi) is 21.0. The molecule has 0 bridgehead atoms. The number of carbonyl (C=O) groups excluding carboxylic acids is 6. The molecule has 2 N–H and O–H groups in total. The van der Waals surface area contributed by atoms with E-state index in [-0.39, 0.29) is 54.4 Å². The average Bonchev–Trinajstić information content (AvgIpc) is 2.12. The maximum absolute atomic E-state index is 14.0. The van der Waals surface area contributed by atoms with Crippen LogP contribution in [0.25, 0.3) is 0 Å². The molecule has 18 nitrogen and oxygen atoms in total. The molecule has 1 aliphatic heterocycles. The van der Waals surface area contributed by atoms with E-state index >= 15 is 0 Å². The summed E-state index contributed by atoms with van der Waals surface area (Å²) < 4.78 is 60.5. The first kappa shape index (κ1) is 60.5. The van der Waals surface area contributed by atoms with Crippen LogP contribution < -0.4 is 14.8 Å². The predicted octanol–water partition coefficient (Wildman–Crippen LogP) is 8.38. The fraction of sp³-hybridized carbons (Fsp3) is 0.284. The topological polar surface area (TPSA) is 227 Å². The molecule has 1 aliphatic carbocycles.